The van der Waals surface area contributed by atoms with Crippen molar-refractivity contribution in [2.24, 2.45) is 5.41 Å². The third-order valence-electron chi connectivity index (χ3n) is 10.9. The Morgan fingerprint density at radius 2 is 1.19 bits per heavy atom. The third-order valence-corrected chi connectivity index (χ3v) is 10.9. The normalized spacial score (nSPS) is 21.1. The molecule has 1 saturated heterocycles. The van der Waals surface area contributed by atoms with Gasteiger partial charge in [-0.1, -0.05) is 130 Å². The summed E-state index contributed by atoms with van der Waals surface area (Å²) in [6.45, 7) is 20.4. The fraction of sp³-hybridized carbons (Fsp3) is 0.976. The van der Waals surface area contributed by atoms with Crippen LogP contribution in [0.5, 0.6) is 0 Å². The van der Waals surface area contributed by atoms with E-state index in [9.17, 15) is 9.90 Å². The summed E-state index contributed by atoms with van der Waals surface area (Å²) < 4.78 is 18.8. The second-order valence-corrected chi connectivity index (χ2v) is 16.2. The molecule has 1 heterocycles. The highest BCUT2D eigenvalue weighted by atomic mass is 16.8. The molecule has 0 radical (unpaired) electrons. The molecule has 1 aliphatic heterocycles. The summed E-state index contributed by atoms with van der Waals surface area (Å²) in [5.41, 5.74) is -0.913. The number of hydrogen-bond acceptors (Lipinski definition) is 7. The van der Waals surface area contributed by atoms with E-state index in [1.807, 2.05) is 5.06 Å². The molecule has 0 bridgehead atoms. The van der Waals surface area contributed by atoms with Gasteiger partial charge in [0.2, 0.25) is 0 Å². The first kappa shape index (κ1) is 45.3. The topological polar surface area (TPSA) is 77.5 Å². The minimum atomic E-state index is -0.912. The van der Waals surface area contributed by atoms with E-state index in [0.717, 1.165) is 32.1 Å². The summed E-state index contributed by atoms with van der Waals surface area (Å²) in [5, 5.41) is 12.0. The van der Waals surface area contributed by atoms with Crippen molar-refractivity contribution in [2.45, 2.75) is 233 Å². The summed E-state index contributed by atoms with van der Waals surface area (Å²) in [5.74, 6) is -0.822. The molecule has 1 atom stereocenters. The average molecular weight is 684 g/mol. The van der Waals surface area contributed by atoms with E-state index < -0.39 is 17.6 Å². The Bertz CT molecular complexity index is 805. The van der Waals surface area contributed by atoms with Crippen molar-refractivity contribution in [3.8, 4) is 0 Å². The predicted molar refractivity (Wildman–Crippen MR) is 200 cm³/mol. The summed E-state index contributed by atoms with van der Waals surface area (Å²) in [6, 6.07) is 0. The molecule has 286 valence electrons. The second kappa shape index (κ2) is 24.5. The Morgan fingerprint density at radius 3 is 1.58 bits per heavy atom. The fourth-order valence-corrected chi connectivity index (χ4v) is 7.19. The average Bonchev–Trinajstić information content (AvgIpc) is 3.05. The van der Waals surface area contributed by atoms with Gasteiger partial charge in [-0.05, 0) is 66.7 Å². The smallest absolute Gasteiger partial charge is 0.305 e. The minimum absolute atomic E-state index is 0.0822. The largest absolute Gasteiger partial charge is 0.466 e. The number of ether oxygens (including phenoxy) is 3. The Hall–Kier alpha value is -0.730. The standard InChI is InChI=1S/C41H81NO6/c1-10-14-15-16-17-18-19-20-21-22-23-24-25-26-27-28-29-30-37(44)45-32-31-40(12-3)34-46-41(13-4,47-35-40)33-39(8,9)42(48-36(5)43)38(6,7)11-2/h36,43H,10-35H2,1-9H3. The zero-order valence-corrected chi connectivity index (χ0v) is 33.4. The Morgan fingerprint density at radius 1 is 0.729 bits per heavy atom. The number of rotatable bonds is 30. The van der Waals surface area contributed by atoms with Gasteiger partial charge in [-0.3, -0.25) is 9.63 Å². The zero-order chi connectivity index (χ0) is 35.9. The highest BCUT2D eigenvalue weighted by molar-refractivity contribution is 5.69. The molecule has 0 aromatic carbocycles. The van der Waals surface area contributed by atoms with Gasteiger partial charge >= 0.3 is 5.97 Å². The zero-order valence-electron chi connectivity index (χ0n) is 33.4. The van der Waals surface area contributed by atoms with Crippen molar-refractivity contribution < 1.29 is 28.9 Å². The van der Waals surface area contributed by atoms with Gasteiger partial charge in [-0.25, -0.2) is 0 Å². The molecular weight excluding hydrogens is 602 g/mol. The lowest BCUT2D eigenvalue weighted by atomic mass is 9.81. The van der Waals surface area contributed by atoms with Gasteiger partial charge in [0.1, 0.15) is 0 Å². The van der Waals surface area contributed by atoms with Gasteiger partial charge in [0.05, 0.1) is 19.8 Å². The van der Waals surface area contributed by atoms with E-state index in [4.69, 9.17) is 19.0 Å². The van der Waals surface area contributed by atoms with Gasteiger partial charge in [-0.15, -0.1) is 0 Å². The lowest BCUT2D eigenvalue weighted by Crippen LogP contribution is -2.61. The quantitative estimate of drug-likeness (QED) is 0.0349. The van der Waals surface area contributed by atoms with E-state index in [0.29, 0.717) is 39.1 Å². The Kier molecular flexibility index (Phi) is 23.1. The predicted octanol–water partition coefficient (Wildman–Crippen LogP) is 11.4. The van der Waals surface area contributed by atoms with E-state index in [1.165, 1.54) is 96.3 Å². The van der Waals surface area contributed by atoms with Gasteiger partial charge in [0.25, 0.3) is 0 Å². The van der Waals surface area contributed by atoms with Crippen LogP contribution in [0.3, 0.4) is 0 Å². The molecule has 1 unspecified atom stereocenters. The number of hydrogen-bond donors (Lipinski definition) is 1. The van der Waals surface area contributed by atoms with Crippen LogP contribution in [-0.4, -0.2) is 59.1 Å². The lowest BCUT2D eigenvalue weighted by Gasteiger charge is -2.53. The molecule has 1 N–H and O–H groups in total. The first-order valence-electron chi connectivity index (χ1n) is 20.4. The SMILES string of the molecule is CCCCCCCCCCCCCCCCCCCC(=O)OCCC1(CC)COC(CC)(CC(C)(C)N(OC(C)O)C(C)(C)CC)OC1. The molecule has 0 spiro atoms. The maximum absolute atomic E-state index is 12.5. The van der Waals surface area contributed by atoms with Crippen molar-refractivity contribution in [1.29, 1.82) is 0 Å². The van der Waals surface area contributed by atoms with Crippen molar-refractivity contribution in [3.05, 3.63) is 0 Å². The molecule has 1 fully saturated rings. The molecule has 7 heteroatoms. The number of carbonyl (C=O) groups is 1. The van der Waals surface area contributed by atoms with Gasteiger partial charge in [0.15, 0.2) is 12.1 Å². The molecule has 1 rings (SSSR count). The van der Waals surface area contributed by atoms with Crippen LogP contribution in [0.1, 0.15) is 210 Å². The summed E-state index contributed by atoms with van der Waals surface area (Å²) in [7, 11) is 0. The number of unbranched alkanes of at least 4 members (excludes halogenated alkanes) is 16. The maximum Gasteiger partial charge on any atom is 0.305 e. The number of carbonyl (C=O) groups excluding carboxylic acids is 1. The monoisotopic (exact) mass is 684 g/mol. The number of hydroxylamine groups is 2. The molecule has 0 aromatic heterocycles. The Labute approximate surface area is 297 Å². The molecular formula is C41H81NO6. The van der Waals surface area contributed by atoms with Gasteiger partial charge in [0, 0.05) is 29.3 Å². The molecule has 0 amide bonds. The third kappa shape index (κ3) is 18.0. The highest BCUT2D eigenvalue weighted by Crippen LogP contribution is 2.43. The van der Waals surface area contributed by atoms with E-state index in [1.54, 1.807) is 6.92 Å². The number of esters is 1. The van der Waals surface area contributed by atoms with Crippen LogP contribution in [0.15, 0.2) is 0 Å². The van der Waals surface area contributed by atoms with Crippen LogP contribution in [0, 0.1) is 5.41 Å². The Balaban J connectivity index is 2.27. The maximum atomic E-state index is 12.5. The molecule has 0 saturated carbocycles. The molecule has 1 aliphatic rings. The summed E-state index contributed by atoms with van der Waals surface area (Å²) in [6.07, 6.45) is 26.1. The molecule has 7 nitrogen and oxygen atoms in total. The van der Waals surface area contributed by atoms with Crippen molar-refractivity contribution in [3.63, 3.8) is 0 Å². The first-order chi connectivity index (χ1) is 22.8. The molecule has 0 aromatic rings. The number of aliphatic hydroxyl groups is 1. The second-order valence-electron chi connectivity index (χ2n) is 16.2. The van der Waals surface area contributed by atoms with Gasteiger partial charge < -0.3 is 19.3 Å². The van der Waals surface area contributed by atoms with Crippen LogP contribution in [0.4, 0.5) is 0 Å². The lowest BCUT2D eigenvalue weighted by molar-refractivity contribution is -0.361. The van der Waals surface area contributed by atoms with Crippen molar-refractivity contribution >= 4 is 5.97 Å². The first-order valence-corrected chi connectivity index (χ1v) is 20.4. The van der Waals surface area contributed by atoms with Crippen LogP contribution in [0.2, 0.25) is 0 Å². The number of nitrogens with zero attached hydrogens (tertiary/aromatic N) is 1. The van der Waals surface area contributed by atoms with Crippen molar-refractivity contribution in [1.82, 2.24) is 5.06 Å². The van der Waals surface area contributed by atoms with Crippen LogP contribution < -0.4 is 0 Å². The van der Waals surface area contributed by atoms with E-state index >= 15 is 0 Å². The van der Waals surface area contributed by atoms with E-state index in [2.05, 4.69) is 55.4 Å². The van der Waals surface area contributed by atoms with Crippen LogP contribution in [0.25, 0.3) is 0 Å². The van der Waals surface area contributed by atoms with Crippen molar-refractivity contribution in [2.75, 3.05) is 19.8 Å². The fourth-order valence-electron chi connectivity index (χ4n) is 7.19. The molecule has 0 aliphatic carbocycles. The molecule has 48 heavy (non-hydrogen) atoms. The van der Waals surface area contributed by atoms with E-state index in [-0.39, 0.29) is 16.9 Å². The minimum Gasteiger partial charge on any atom is -0.466 e. The number of aliphatic hydroxyl groups excluding tert-OH is 1. The van der Waals surface area contributed by atoms with Crippen LogP contribution >= 0.6 is 0 Å². The highest BCUT2D eigenvalue weighted by Gasteiger charge is 2.49. The van der Waals surface area contributed by atoms with Crippen LogP contribution in [-0.2, 0) is 23.8 Å². The van der Waals surface area contributed by atoms with Gasteiger partial charge in [-0.2, -0.15) is 5.06 Å². The summed E-state index contributed by atoms with van der Waals surface area (Å²) in [4.78, 5) is 18.4. The summed E-state index contributed by atoms with van der Waals surface area (Å²) >= 11 is 0.